The first kappa shape index (κ1) is 15.4. The normalized spacial score (nSPS) is 15.9. The molecule has 0 radical (unpaired) electrons. The van der Waals surface area contributed by atoms with Crippen molar-refractivity contribution < 1.29 is 9.50 Å². The molecule has 3 nitrogen and oxygen atoms in total. The molecular weight excluding hydrogens is 275 g/mol. The summed E-state index contributed by atoms with van der Waals surface area (Å²) in [4.78, 5) is 2.38. The first-order chi connectivity index (χ1) is 9.61. The minimum Gasteiger partial charge on any atom is -0.395 e. The van der Waals surface area contributed by atoms with Crippen LogP contribution in [0.4, 0.5) is 4.39 Å². The highest BCUT2D eigenvalue weighted by Gasteiger charge is 2.23. The number of nitrogens with zero attached hydrogens (tertiary/aromatic N) is 1. The van der Waals surface area contributed by atoms with Crippen molar-refractivity contribution in [2.75, 3.05) is 13.2 Å². The molecule has 20 heavy (non-hydrogen) atoms. The highest BCUT2D eigenvalue weighted by atomic mass is 32.1. The van der Waals surface area contributed by atoms with Gasteiger partial charge in [0.05, 0.1) is 6.61 Å². The zero-order chi connectivity index (χ0) is 14.5. The molecule has 3 N–H and O–H groups in total. The molecule has 110 valence electrons. The zero-order valence-corrected chi connectivity index (χ0v) is 12.3. The van der Waals surface area contributed by atoms with Crippen molar-refractivity contribution in [2.24, 2.45) is 5.73 Å². The lowest BCUT2D eigenvalue weighted by Crippen LogP contribution is -2.35. The minimum atomic E-state index is -0.281. The third-order valence-corrected chi connectivity index (χ3v) is 4.18. The number of hydrogen-bond acceptors (Lipinski definition) is 3. The molecule has 1 aliphatic rings. The largest absolute Gasteiger partial charge is 0.395 e. The Hall–Kier alpha value is -1.04. The molecule has 1 aliphatic carbocycles. The van der Waals surface area contributed by atoms with Crippen LogP contribution in [0.1, 0.15) is 36.8 Å². The molecule has 1 aromatic carbocycles. The Morgan fingerprint density at radius 3 is 2.65 bits per heavy atom. The van der Waals surface area contributed by atoms with Crippen molar-refractivity contribution in [3.05, 3.63) is 35.1 Å². The smallest absolute Gasteiger partial charge is 0.128 e. The predicted molar refractivity (Wildman–Crippen MR) is 82.0 cm³/mol. The second-order valence-corrected chi connectivity index (χ2v) is 5.74. The first-order valence-corrected chi connectivity index (χ1v) is 7.45. The lowest BCUT2D eigenvalue weighted by Gasteiger charge is -2.28. The van der Waals surface area contributed by atoms with E-state index in [2.05, 4.69) is 4.90 Å². The van der Waals surface area contributed by atoms with Crippen LogP contribution in [0.3, 0.4) is 0 Å². The Balaban J connectivity index is 2.11. The van der Waals surface area contributed by atoms with Gasteiger partial charge in [0.1, 0.15) is 10.8 Å². The summed E-state index contributed by atoms with van der Waals surface area (Å²) in [6.45, 7) is 1.21. The molecule has 0 spiro atoms. The van der Waals surface area contributed by atoms with Crippen molar-refractivity contribution in [3.63, 3.8) is 0 Å². The van der Waals surface area contributed by atoms with Gasteiger partial charge in [0, 0.05) is 30.3 Å². The summed E-state index contributed by atoms with van der Waals surface area (Å²) in [6, 6.07) is 5.34. The van der Waals surface area contributed by atoms with Gasteiger partial charge < -0.3 is 10.8 Å². The summed E-state index contributed by atoms with van der Waals surface area (Å²) >= 11 is 4.85. The highest BCUT2D eigenvalue weighted by molar-refractivity contribution is 7.80. The summed E-state index contributed by atoms with van der Waals surface area (Å²) in [7, 11) is 0. The number of thiocarbonyl (C=S) groups is 1. The average Bonchev–Trinajstić information content (AvgIpc) is 2.94. The molecule has 0 saturated heterocycles. The van der Waals surface area contributed by atoms with E-state index in [1.807, 2.05) is 0 Å². The topological polar surface area (TPSA) is 49.5 Å². The molecule has 1 aromatic rings. The van der Waals surface area contributed by atoms with Crippen molar-refractivity contribution in [3.8, 4) is 0 Å². The van der Waals surface area contributed by atoms with Crippen molar-refractivity contribution in [1.29, 1.82) is 0 Å². The molecule has 0 bridgehead atoms. The molecule has 1 fully saturated rings. The number of rotatable bonds is 6. The van der Waals surface area contributed by atoms with Gasteiger partial charge in [-0.05, 0) is 18.9 Å². The van der Waals surface area contributed by atoms with E-state index in [1.54, 1.807) is 12.1 Å². The highest BCUT2D eigenvalue weighted by Crippen LogP contribution is 2.25. The zero-order valence-electron chi connectivity index (χ0n) is 11.5. The van der Waals surface area contributed by atoms with Gasteiger partial charge in [-0.1, -0.05) is 37.2 Å². The number of hydrogen-bond donors (Lipinski definition) is 2. The molecule has 1 saturated carbocycles. The summed E-state index contributed by atoms with van der Waals surface area (Å²) in [6.07, 6.45) is 4.70. The van der Waals surface area contributed by atoms with Gasteiger partial charge in [0.25, 0.3) is 0 Å². The quantitative estimate of drug-likeness (QED) is 0.790. The summed E-state index contributed by atoms with van der Waals surface area (Å²) < 4.78 is 14.1. The third kappa shape index (κ3) is 3.75. The second kappa shape index (κ2) is 7.11. The van der Waals surface area contributed by atoms with Gasteiger partial charge in [0.15, 0.2) is 0 Å². The first-order valence-electron chi connectivity index (χ1n) is 7.05. The van der Waals surface area contributed by atoms with Crippen LogP contribution >= 0.6 is 12.2 Å². The van der Waals surface area contributed by atoms with Crippen LogP contribution in [0.2, 0.25) is 0 Å². The van der Waals surface area contributed by atoms with Gasteiger partial charge in [-0.3, -0.25) is 4.90 Å². The molecule has 0 aliphatic heterocycles. The second-order valence-electron chi connectivity index (χ2n) is 5.30. The lowest BCUT2D eigenvalue weighted by atomic mass is 10.1. The van der Waals surface area contributed by atoms with Crippen LogP contribution < -0.4 is 5.73 Å². The molecular formula is C15H21FN2OS. The molecule has 0 heterocycles. The summed E-state index contributed by atoms with van der Waals surface area (Å²) in [5.74, 6) is -0.281. The number of aliphatic hydroxyl groups is 1. The Labute approximate surface area is 124 Å². The fourth-order valence-corrected chi connectivity index (χ4v) is 2.96. The Morgan fingerprint density at radius 1 is 1.40 bits per heavy atom. The molecule has 0 atom stereocenters. The number of aliphatic hydroxyl groups excluding tert-OH is 1. The number of nitrogens with two attached hydrogens (primary N) is 1. The van der Waals surface area contributed by atoms with Crippen molar-refractivity contribution in [1.82, 2.24) is 4.90 Å². The molecule has 0 unspecified atom stereocenters. The maximum absolute atomic E-state index is 14.1. The predicted octanol–water partition coefficient (Wildman–Crippen LogP) is 2.20. The van der Waals surface area contributed by atoms with Crippen LogP contribution in [-0.4, -0.2) is 34.2 Å². The maximum Gasteiger partial charge on any atom is 0.128 e. The fraction of sp³-hybridized carbons (Fsp3) is 0.533. The summed E-state index contributed by atoms with van der Waals surface area (Å²) in [5, 5.41) is 9.19. The third-order valence-electron chi connectivity index (χ3n) is 3.94. The van der Waals surface area contributed by atoms with Gasteiger partial charge in [-0.15, -0.1) is 0 Å². The van der Waals surface area contributed by atoms with E-state index in [9.17, 15) is 9.50 Å². The van der Waals surface area contributed by atoms with Gasteiger partial charge in [-0.25, -0.2) is 4.39 Å². The van der Waals surface area contributed by atoms with E-state index in [0.717, 1.165) is 12.8 Å². The maximum atomic E-state index is 14.1. The van der Waals surface area contributed by atoms with E-state index in [0.29, 0.717) is 30.3 Å². The van der Waals surface area contributed by atoms with Crippen LogP contribution in [0.5, 0.6) is 0 Å². The standard InChI is InChI=1S/C15H21FN2OS/c16-14-9-11(15(17)20)5-6-12(14)10-18(7-8-19)13-3-1-2-4-13/h5-6,9,13,19H,1-4,7-8,10H2,(H2,17,20). The van der Waals surface area contributed by atoms with Crippen LogP contribution in [0.15, 0.2) is 18.2 Å². The molecule has 0 amide bonds. The van der Waals surface area contributed by atoms with E-state index in [-0.39, 0.29) is 17.4 Å². The Morgan fingerprint density at radius 2 is 2.10 bits per heavy atom. The van der Waals surface area contributed by atoms with Crippen LogP contribution in [-0.2, 0) is 6.54 Å². The molecule has 0 aromatic heterocycles. The van der Waals surface area contributed by atoms with Crippen LogP contribution in [0, 0.1) is 5.82 Å². The van der Waals surface area contributed by atoms with Gasteiger partial charge >= 0.3 is 0 Å². The van der Waals surface area contributed by atoms with E-state index in [4.69, 9.17) is 18.0 Å². The summed E-state index contributed by atoms with van der Waals surface area (Å²) in [5.41, 5.74) is 6.68. The molecule has 5 heteroatoms. The van der Waals surface area contributed by atoms with Crippen LogP contribution in [0.25, 0.3) is 0 Å². The fourth-order valence-electron chi connectivity index (χ4n) is 2.84. The Bertz CT molecular complexity index is 475. The monoisotopic (exact) mass is 296 g/mol. The van der Waals surface area contributed by atoms with E-state index in [1.165, 1.54) is 18.9 Å². The van der Waals surface area contributed by atoms with E-state index >= 15 is 0 Å². The van der Waals surface area contributed by atoms with Gasteiger partial charge in [-0.2, -0.15) is 0 Å². The average molecular weight is 296 g/mol. The molecule has 2 rings (SSSR count). The lowest BCUT2D eigenvalue weighted by molar-refractivity contribution is 0.143. The number of halogens is 1. The Kier molecular flexibility index (Phi) is 5.46. The SMILES string of the molecule is NC(=S)c1ccc(CN(CCO)C2CCCC2)c(F)c1. The minimum absolute atomic E-state index is 0.100. The van der Waals surface area contributed by atoms with E-state index < -0.39 is 0 Å². The van der Waals surface area contributed by atoms with Crippen molar-refractivity contribution >= 4 is 17.2 Å². The van der Waals surface area contributed by atoms with Gasteiger partial charge in [0.2, 0.25) is 0 Å². The van der Waals surface area contributed by atoms with Crippen molar-refractivity contribution in [2.45, 2.75) is 38.3 Å². The number of benzene rings is 1.